The van der Waals surface area contributed by atoms with Crippen molar-refractivity contribution in [2.75, 3.05) is 0 Å². The molecule has 0 heterocycles. The van der Waals surface area contributed by atoms with Crippen LogP contribution in [0.25, 0.3) is 0 Å². The van der Waals surface area contributed by atoms with E-state index in [9.17, 15) is 9.18 Å². The molecular weight excluding hydrogens is 351 g/mol. The lowest BCUT2D eigenvalue weighted by molar-refractivity contribution is 0.0951. The molecule has 1 N–H and O–H groups in total. The summed E-state index contributed by atoms with van der Waals surface area (Å²) in [6, 6.07) is 13.4. The molecule has 0 atom stereocenters. The molecule has 2 aliphatic rings. The molecule has 2 aromatic carbocycles. The highest BCUT2D eigenvalue weighted by atomic mass is 35.5. The number of rotatable bonds is 7. The Morgan fingerprint density at radius 1 is 1.08 bits per heavy atom. The predicted molar refractivity (Wildman–Crippen MR) is 101 cm³/mol. The Balaban J connectivity index is 1.44. The molecule has 5 heteroatoms. The summed E-state index contributed by atoms with van der Waals surface area (Å²) in [4.78, 5) is 14.4. The van der Waals surface area contributed by atoms with Crippen molar-refractivity contribution in [1.82, 2.24) is 10.2 Å². The molecule has 2 aliphatic carbocycles. The second kappa shape index (κ2) is 7.37. The minimum Gasteiger partial charge on any atom is -0.349 e. The molecule has 0 spiro atoms. The first-order chi connectivity index (χ1) is 12.6. The van der Waals surface area contributed by atoms with E-state index in [1.54, 1.807) is 12.1 Å². The van der Waals surface area contributed by atoms with E-state index in [0.29, 0.717) is 34.8 Å². The summed E-state index contributed by atoms with van der Waals surface area (Å²) < 4.78 is 14.1. The van der Waals surface area contributed by atoms with Gasteiger partial charge in [0.15, 0.2) is 0 Å². The number of carbonyl (C=O) groups excluding carboxylic acids is 1. The summed E-state index contributed by atoms with van der Waals surface area (Å²) in [5, 5.41) is 3.47. The van der Waals surface area contributed by atoms with Gasteiger partial charge in [-0.3, -0.25) is 9.69 Å². The maximum absolute atomic E-state index is 14.1. The maximum Gasteiger partial charge on any atom is 0.251 e. The second-order valence-electron chi connectivity index (χ2n) is 7.28. The first-order valence-corrected chi connectivity index (χ1v) is 9.54. The van der Waals surface area contributed by atoms with Gasteiger partial charge in [0.25, 0.3) is 5.91 Å². The average Bonchev–Trinajstić information content (AvgIpc) is 3.52. The molecule has 1 amide bonds. The fourth-order valence-corrected chi connectivity index (χ4v) is 3.36. The zero-order valence-corrected chi connectivity index (χ0v) is 15.3. The zero-order chi connectivity index (χ0) is 18.1. The van der Waals surface area contributed by atoms with Crippen LogP contribution in [-0.4, -0.2) is 22.9 Å². The lowest BCUT2D eigenvalue weighted by Crippen LogP contribution is -2.26. The Hall–Kier alpha value is -1.91. The Morgan fingerprint density at radius 2 is 1.81 bits per heavy atom. The highest BCUT2D eigenvalue weighted by Gasteiger charge is 2.30. The lowest BCUT2D eigenvalue weighted by atomic mass is 10.1. The van der Waals surface area contributed by atoms with E-state index in [1.807, 2.05) is 24.3 Å². The number of benzene rings is 2. The molecule has 0 aromatic heterocycles. The van der Waals surface area contributed by atoms with Crippen LogP contribution in [0, 0.1) is 5.82 Å². The first kappa shape index (κ1) is 17.5. The SMILES string of the molecule is O=C(NC1CC1)c1ccc(CN(Cc2c(F)cccc2Cl)C2CC2)cc1. The van der Waals surface area contributed by atoms with Crippen LogP contribution in [0.4, 0.5) is 4.39 Å². The van der Waals surface area contributed by atoms with Gasteiger partial charge in [-0.2, -0.15) is 0 Å². The number of hydrogen-bond acceptors (Lipinski definition) is 2. The minimum atomic E-state index is -0.254. The third-order valence-electron chi connectivity index (χ3n) is 5.00. The molecule has 136 valence electrons. The lowest BCUT2D eigenvalue weighted by Gasteiger charge is -2.23. The number of carbonyl (C=O) groups is 1. The van der Waals surface area contributed by atoms with E-state index in [0.717, 1.165) is 37.8 Å². The van der Waals surface area contributed by atoms with Crippen molar-refractivity contribution >= 4 is 17.5 Å². The molecule has 0 unspecified atom stereocenters. The smallest absolute Gasteiger partial charge is 0.251 e. The molecule has 4 rings (SSSR count). The van der Waals surface area contributed by atoms with Crippen LogP contribution in [0.2, 0.25) is 5.02 Å². The van der Waals surface area contributed by atoms with Gasteiger partial charge in [-0.15, -0.1) is 0 Å². The molecule has 2 fully saturated rings. The first-order valence-electron chi connectivity index (χ1n) is 9.17. The van der Waals surface area contributed by atoms with E-state index in [4.69, 9.17) is 11.6 Å². The molecule has 3 nitrogen and oxygen atoms in total. The molecular formula is C21H22ClFN2O. The normalized spacial score (nSPS) is 16.7. The van der Waals surface area contributed by atoms with Gasteiger partial charge >= 0.3 is 0 Å². The molecule has 2 saturated carbocycles. The van der Waals surface area contributed by atoms with Crippen LogP contribution < -0.4 is 5.32 Å². The Labute approximate surface area is 158 Å². The van der Waals surface area contributed by atoms with Gasteiger partial charge in [0.1, 0.15) is 5.82 Å². The van der Waals surface area contributed by atoms with E-state index in [2.05, 4.69) is 10.2 Å². The minimum absolute atomic E-state index is 0.00348. The fourth-order valence-electron chi connectivity index (χ4n) is 3.13. The topological polar surface area (TPSA) is 32.3 Å². The van der Waals surface area contributed by atoms with Crippen molar-refractivity contribution in [3.8, 4) is 0 Å². The van der Waals surface area contributed by atoms with Crippen LogP contribution in [0.15, 0.2) is 42.5 Å². The van der Waals surface area contributed by atoms with Gasteiger partial charge in [0.2, 0.25) is 0 Å². The highest BCUT2D eigenvalue weighted by Crippen LogP contribution is 2.32. The number of hydrogen-bond donors (Lipinski definition) is 1. The van der Waals surface area contributed by atoms with Gasteiger partial charge in [0.05, 0.1) is 0 Å². The molecule has 0 radical (unpaired) electrons. The van der Waals surface area contributed by atoms with Crippen molar-refractivity contribution < 1.29 is 9.18 Å². The standard InChI is InChI=1S/C21H22ClFN2O/c22-19-2-1-3-20(23)18(19)13-25(17-10-11-17)12-14-4-6-15(7-5-14)21(26)24-16-8-9-16/h1-7,16-17H,8-13H2,(H,24,26). The van der Waals surface area contributed by atoms with Crippen molar-refractivity contribution in [3.05, 3.63) is 70.0 Å². The van der Waals surface area contributed by atoms with Crippen LogP contribution in [0.3, 0.4) is 0 Å². The zero-order valence-electron chi connectivity index (χ0n) is 14.6. The molecule has 0 bridgehead atoms. The third-order valence-corrected chi connectivity index (χ3v) is 5.35. The molecule has 2 aromatic rings. The van der Waals surface area contributed by atoms with E-state index in [-0.39, 0.29) is 11.7 Å². The summed E-state index contributed by atoms with van der Waals surface area (Å²) in [7, 11) is 0. The van der Waals surface area contributed by atoms with E-state index >= 15 is 0 Å². The molecule has 0 aliphatic heterocycles. The van der Waals surface area contributed by atoms with Crippen molar-refractivity contribution in [1.29, 1.82) is 0 Å². The van der Waals surface area contributed by atoms with Crippen LogP contribution in [0.5, 0.6) is 0 Å². The van der Waals surface area contributed by atoms with E-state index < -0.39 is 0 Å². The molecule has 26 heavy (non-hydrogen) atoms. The Bertz CT molecular complexity index is 780. The maximum atomic E-state index is 14.1. The second-order valence-corrected chi connectivity index (χ2v) is 7.69. The average molecular weight is 373 g/mol. The Morgan fingerprint density at radius 3 is 2.42 bits per heavy atom. The van der Waals surface area contributed by atoms with Crippen LogP contribution in [0.1, 0.15) is 47.2 Å². The van der Waals surface area contributed by atoms with Crippen LogP contribution in [-0.2, 0) is 13.1 Å². The largest absolute Gasteiger partial charge is 0.349 e. The van der Waals surface area contributed by atoms with Gasteiger partial charge in [-0.25, -0.2) is 4.39 Å². The van der Waals surface area contributed by atoms with Gasteiger partial charge in [-0.05, 0) is 55.5 Å². The monoisotopic (exact) mass is 372 g/mol. The molecule has 0 saturated heterocycles. The van der Waals surface area contributed by atoms with Gasteiger partial charge in [-0.1, -0.05) is 29.8 Å². The summed E-state index contributed by atoms with van der Waals surface area (Å²) in [5.74, 6) is -0.258. The fraction of sp³-hybridized carbons (Fsp3) is 0.381. The predicted octanol–water partition coefficient (Wildman–Crippen LogP) is 4.54. The van der Waals surface area contributed by atoms with Crippen molar-refractivity contribution in [3.63, 3.8) is 0 Å². The highest BCUT2D eigenvalue weighted by molar-refractivity contribution is 6.31. The summed E-state index contributed by atoms with van der Waals surface area (Å²) in [5.41, 5.74) is 2.37. The van der Waals surface area contributed by atoms with Crippen LogP contribution >= 0.6 is 11.6 Å². The van der Waals surface area contributed by atoms with Gasteiger partial charge in [0, 0.05) is 41.3 Å². The number of nitrogens with zero attached hydrogens (tertiary/aromatic N) is 1. The Kier molecular flexibility index (Phi) is 4.96. The van der Waals surface area contributed by atoms with E-state index in [1.165, 1.54) is 6.07 Å². The quantitative estimate of drug-likeness (QED) is 0.774. The van der Waals surface area contributed by atoms with Crippen molar-refractivity contribution in [2.24, 2.45) is 0 Å². The number of halogens is 2. The number of nitrogens with one attached hydrogen (secondary N) is 1. The summed E-state index contributed by atoms with van der Waals surface area (Å²) in [6.07, 6.45) is 4.43. The third kappa shape index (κ3) is 4.25. The number of amides is 1. The van der Waals surface area contributed by atoms with Gasteiger partial charge < -0.3 is 5.32 Å². The van der Waals surface area contributed by atoms with Crippen molar-refractivity contribution in [2.45, 2.75) is 50.9 Å². The summed E-state index contributed by atoms with van der Waals surface area (Å²) >= 11 is 6.19. The summed E-state index contributed by atoms with van der Waals surface area (Å²) in [6.45, 7) is 1.22.